The number of nitrogens with zero attached hydrogens (tertiary/aromatic N) is 2. The number of carbonyl (C=O) groups is 2. The van der Waals surface area contributed by atoms with Crippen molar-refractivity contribution in [2.45, 2.75) is 52.6 Å². The van der Waals surface area contributed by atoms with Crippen molar-refractivity contribution < 1.29 is 9.59 Å². The van der Waals surface area contributed by atoms with Crippen LogP contribution in [0.25, 0.3) is 0 Å². The molecule has 0 radical (unpaired) electrons. The van der Waals surface area contributed by atoms with Crippen LogP contribution in [0.15, 0.2) is 23.0 Å². The van der Waals surface area contributed by atoms with Crippen molar-refractivity contribution in [3.8, 4) is 0 Å². The molecule has 3 amide bonds. The fourth-order valence-corrected chi connectivity index (χ4v) is 3.81. The van der Waals surface area contributed by atoms with E-state index in [4.69, 9.17) is 0 Å². The number of allylic oxidation sites excluding steroid dienone is 1. The topological polar surface area (TPSA) is 112 Å². The van der Waals surface area contributed by atoms with E-state index in [1.54, 1.807) is 13.3 Å². The van der Waals surface area contributed by atoms with Gasteiger partial charge < -0.3 is 20.9 Å². The van der Waals surface area contributed by atoms with Crippen molar-refractivity contribution in [2.24, 2.45) is 0 Å². The Labute approximate surface area is 161 Å². The van der Waals surface area contributed by atoms with Gasteiger partial charge in [0.05, 0.1) is 29.8 Å². The Hall–Kier alpha value is -2.68. The van der Waals surface area contributed by atoms with E-state index in [1.807, 2.05) is 12.3 Å². The Bertz CT molecular complexity index is 905. The van der Waals surface area contributed by atoms with Crippen LogP contribution in [0.4, 0.5) is 4.79 Å². The molecule has 1 unspecified atom stereocenters. The van der Waals surface area contributed by atoms with Crippen molar-refractivity contribution in [1.29, 1.82) is 0 Å². The summed E-state index contributed by atoms with van der Waals surface area (Å²) in [6, 6.07) is -0.961. The van der Waals surface area contributed by atoms with Crippen LogP contribution in [0.1, 0.15) is 55.8 Å². The third kappa shape index (κ3) is 4.02. The van der Waals surface area contributed by atoms with Gasteiger partial charge in [0, 0.05) is 22.2 Å². The summed E-state index contributed by atoms with van der Waals surface area (Å²) < 4.78 is 0. The number of hydrogen-bond acceptors (Lipinski definition) is 5. The molecule has 1 aliphatic rings. The van der Waals surface area contributed by atoms with Gasteiger partial charge in [0.15, 0.2) is 0 Å². The van der Waals surface area contributed by atoms with Crippen LogP contribution in [0.5, 0.6) is 0 Å². The molecule has 3 heterocycles. The molecule has 4 N–H and O–H groups in total. The first kappa shape index (κ1) is 19.1. The zero-order valence-corrected chi connectivity index (χ0v) is 16.9. The van der Waals surface area contributed by atoms with Crippen LogP contribution in [-0.2, 0) is 16.8 Å². The SMILES string of the molecule is CC1=C(C(=O)NCc2nc(C(C)(C)C)cs2)C(c2nc[nH]c2C)NC(=O)N1. The maximum absolute atomic E-state index is 12.9. The summed E-state index contributed by atoms with van der Waals surface area (Å²) in [5.41, 5.74) is 3.35. The van der Waals surface area contributed by atoms with E-state index in [1.165, 1.54) is 11.3 Å². The van der Waals surface area contributed by atoms with Gasteiger partial charge in [-0.2, -0.15) is 0 Å². The van der Waals surface area contributed by atoms with Crippen molar-refractivity contribution >= 4 is 23.3 Å². The average Bonchev–Trinajstić information content (AvgIpc) is 3.20. The Morgan fingerprint density at radius 2 is 2.07 bits per heavy atom. The highest BCUT2D eigenvalue weighted by atomic mass is 32.1. The third-order valence-corrected chi connectivity index (χ3v) is 5.23. The number of nitrogens with one attached hydrogen (secondary N) is 4. The minimum Gasteiger partial charge on any atom is -0.348 e. The van der Waals surface area contributed by atoms with Gasteiger partial charge in [-0.05, 0) is 13.8 Å². The molecule has 0 spiro atoms. The Kier molecular flexibility index (Phi) is 5.05. The van der Waals surface area contributed by atoms with Gasteiger partial charge in [-0.25, -0.2) is 14.8 Å². The molecule has 0 saturated carbocycles. The lowest BCUT2D eigenvalue weighted by molar-refractivity contribution is -0.118. The lowest BCUT2D eigenvalue weighted by Crippen LogP contribution is -2.47. The molecule has 9 heteroatoms. The van der Waals surface area contributed by atoms with Crippen molar-refractivity contribution in [3.05, 3.63) is 45.1 Å². The van der Waals surface area contributed by atoms with E-state index in [0.717, 1.165) is 16.4 Å². The number of hydrogen-bond donors (Lipinski definition) is 4. The van der Waals surface area contributed by atoms with Crippen LogP contribution in [0, 0.1) is 6.92 Å². The fraction of sp³-hybridized carbons (Fsp3) is 0.444. The van der Waals surface area contributed by atoms with Gasteiger partial charge in [0.2, 0.25) is 0 Å². The molecule has 2 aromatic heterocycles. The Morgan fingerprint density at radius 1 is 1.33 bits per heavy atom. The number of carbonyl (C=O) groups excluding carboxylic acids is 2. The largest absolute Gasteiger partial charge is 0.348 e. The minimum absolute atomic E-state index is 0.0297. The summed E-state index contributed by atoms with van der Waals surface area (Å²) in [5.74, 6) is -0.264. The minimum atomic E-state index is -0.605. The molecule has 1 atom stereocenters. The number of amides is 3. The van der Waals surface area contributed by atoms with E-state index < -0.39 is 6.04 Å². The van der Waals surface area contributed by atoms with Gasteiger partial charge in [0.1, 0.15) is 11.0 Å². The highest BCUT2D eigenvalue weighted by Crippen LogP contribution is 2.27. The molecule has 144 valence electrons. The lowest BCUT2D eigenvalue weighted by atomic mass is 9.93. The van der Waals surface area contributed by atoms with E-state index in [2.05, 4.69) is 51.7 Å². The van der Waals surface area contributed by atoms with Gasteiger partial charge in [-0.3, -0.25) is 4.79 Å². The average molecular weight is 388 g/mol. The summed E-state index contributed by atoms with van der Waals surface area (Å²) in [6.45, 7) is 10.2. The molecule has 3 rings (SSSR count). The number of urea groups is 1. The fourth-order valence-electron chi connectivity index (χ4n) is 2.85. The van der Waals surface area contributed by atoms with Crippen molar-refractivity contribution in [3.63, 3.8) is 0 Å². The van der Waals surface area contributed by atoms with Crippen LogP contribution in [0.3, 0.4) is 0 Å². The number of aromatic amines is 1. The molecule has 27 heavy (non-hydrogen) atoms. The molecule has 2 aromatic rings. The first-order valence-electron chi connectivity index (χ1n) is 8.68. The Balaban J connectivity index is 1.79. The first-order valence-corrected chi connectivity index (χ1v) is 9.56. The highest BCUT2D eigenvalue weighted by molar-refractivity contribution is 7.09. The zero-order valence-electron chi connectivity index (χ0n) is 16.1. The number of thiazole rings is 1. The predicted molar refractivity (Wildman–Crippen MR) is 103 cm³/mol. The second-order valence-electron chi connectivity index (χ2n) is 7.54. The number of imidazole rings is 1. The molecule has 8 nitrogen and oxygen atoms in total. The summed E-state index contributed by atoms with van der Waals surface area (Å²) in [4.78, 5) is 36.6. The summed E-state index contributed by atoms with van der Waals surface area (Å²) in [5, 5.41) is 11.2. The van der Waals surface area contributed by atoms with E-state index in [0.29, 0.717) is 23.5 Å². The molecule has 0 saturated heterocycles. The van der Waals surface area contributed by atoms with Crippen molar-refractivity contribution in [2.75, 3.05) is 0 Å². The van der Waals surface area contributed by atoms with E-state index in [-0.39, 0.29) is 17.4 Å². The molecule has 0 bridgehead atoms. The number of aryl methyl sites for hydroxylation is 1. The molecular formula is C18H24N6O2S. The first-order chi connectivity index (χ1) is 12.7. The smallest absolute Gasteiger partial charge is 0.319 e. The lowest BCUT2D eigenvalue weighted by Gasteiger charge is -2.27. The standard InChI is InChI=1S/C18H24N6O2S/c1-9-13(15(24-17(26)22-9)14-10(2)20-8-21-14)16(25)19-6-12-23-11(7-27-12)18(3,4)5/h7-8,15H,6H2,1-5H3,(H,19,25)(H,20,21)(H2,22,24,26). The van der Waals surface area contributed by atoms with Crippen LogP contribution in [0.2, 0.25) is 0 Å². The second kappa shape index (κ2) is 7.15. The second-order valence-corrected chi connectivity index (χ2v) is 8.48. The number of H-pyrrole nitrogens is 1. The quantitative estimate of drug-likeness (QED) is 0.644. The van der Waals surface area contributed by atoms with Gasteiger partial charge in [-0.1, -0.05) is 20.8 Å². The summed E-state index contributed by atoms with van der Waals surface area (Å²) >= 11 is 1.52. The monoisotopic (exact) mass is 388 g/mol. The summed E-state index contributed by atoms with van der Waals surface area (Å²) in [7, 11) is 0. The molecular weight excluding hydrogens is 364 g/mol. The number of aromatic nitrogens is 3. The zero-order chi connectivity index (χ0) is 19.8. The maximum atomic E-state index is 12.9. The van der Waals surface area contributed by atoms with Crippen LogP contribution in [-0.4, -0.2) is 26.9 Å². The normalized spacial score (nSPS) is 17.5. The summed E-state index contributed by atoms with van der Waals surface area (Å²) in [6.07, 6.45) is 1.55. The number of rotatable bonds is 4. The molecule has 1 aliphatic heterocycles. The molecule has 0 fully saturated rings. The van der Waals surface area contributed by atoms with Crippen LogP contribution < -0.4 is 16.0 Å². The van der Waals surface area contributed by atoms with E-state index in [9.17, 15) is 9.59 Å². The Morgan fingerprint density at radius 3 is 2.67 bits per heavy atom. The predicted octanol–water partition coefficient (Wildman–Crippen LogP) is 2.42. The van der Waals surface area contributed by atoms with Crippen molar-refractivity contribution in [1.82, 2.24) is 30.9 Å². The maximum Gasteiger partial charge on any atom is 0.319 e. The van der Waals surface area contributed by atoms with Gasteiger partial charge in [-0.15, -0.1) is 11.3 Å². The van der Waals surface area contributed by atoms with Gasteiger partial charge >= 0.3 is 6.03 Å². The van der Waals surface area contributed by atoms with Gasteiger partial charge in [0.25, 0.3) is 5.91 Å². The molecule has 0 aromatic carbocycles. The molecule has 0 aliphatic carbocycles. The highest BCUT2D eigenvalue weighted by Gasteiger charge is 2.33. The third-order valence-electron chi connectivity index (χ3n) is 4.38. The van der Waals surface area contributed by atoms with E-state index >= 15 is 0 Å². The van der Waals surface area contributed by atoms with Crippen LogP contribution >= 0.6 is 11.3 Å².